The first-order valence-corrected chi connectivity index (χ1v) is 46.6. The zero-order valence-corrected chi connectivity index (χ0v) is 82.7. The van der Waals surface area contributed by atoms with Gasteiger partial charge in [0.25, 0.3) is 17.7 Å². The van der Waals surface area contributed by atoms with Crippen LogP contribution in [0.25, 0.3) is 26.8 Å². The van der Waals surface area contributed by atoms with Crippen LogP contribution in [0.3, 0.4) is 0 Å². The number of aliphatic hydroxyl groups is 2. The summed E-state index contributed by atoms with van der Waals surface area (Å²) in [4.78, 5) is 46.5. The molecule has 0 bridgehead atoms. The summed E-state index contributed by atoms with van der Waals surface area (Å²) in [5, 5.41) is 43.5. The number of nitrogens with one attached hydrogen (secondary N) is 4. The first-order valence-electron chi connectivity index (χ1n) is 42.2. The van der Waals surface area contributed by atoms with Crippen molar-refractivity contribution in [2.45, 2.75) is 108 Å². The predicted molar refractivity (Wildman–Crippen MR) is 510 cm³/mol. The van der Waals surface area contributed by atoms with Crippen LogP contribution < -0.4 is 68.0 Å². The summed E-state index contributed by atoms with van der Waals surface area (Å²) in [6.07, 6.45) is 5.24. The number of aliphatic hydroxyl groups excluding tert-OH is 2. The number of carbonyl (C=O) groups is 3. The summed E-state index contributed by atoms with van der Waals surface area (Å²) in [5.74, 6) is -1.01. The topological polar surface area (TPSA) is 462 Å². The molecule has 9 aromatic carbocycles. The van der Waals surface area contributed by atoms with Crippen LogP contribution in [0.15, 0.2) is 237 Å². The Morgan fingerprint density at radius 3 is 1.01 bits per heavy atom. The number of alkyl halides is 9. The first-order chi connectivity index (χ1) is 66.0. The molecule has 3 fully saturated rings. The maximum Gasteiger partial charge on any atom is 1.00 e. The summed E-state index contributed by atoms with van der Waals surface area (Å²) < 4.78 is 233. The smallest absolute Gasteiger partial charge is 1.00 e. The summed E-state index contributed by atoms with van der Waals surface area (Å²) in [6.45, 7) is 25.0. The number of nitrogens with zero attached hydrogens (tertiary/aromatic N) is 8. The molecule has 3 aliphatic carbocycles. The molecule has 3 amide bonds. The Balaban J connectivity index is 0.000000469. The molecule has 0 spiro atoms. The third kappa shape index (κ3) is 40.9. The number of aryl methyl sites for hydroxylation is 3. The standard InChI is InChI=1S/C29H25FN4O2.C29H29FN4O2.C25H19FN4O2.C4H13N3.C4H8O.3CHF3O3S.CH4.B.Na.Yb.H/c1-19-13-27(34(33-19)26-10-6-9-24(17-26)31-2)29(35)32-25-15-22(14-23(30)16-25)28(36-18-20-11-12-20)21-7-4-3-5-8-21;1-19-12-27(34(33-19)26-9-5-6-21(13-26)17-31)29(35)32-25-15-23(14-24(30)16-25)28(36-18-20-10-11-20)22-7-3-2-4-8-22;1-16-11-23(30(29-16)22-10-6-9-20(15-22)27-2)25(32)28-21-13-18(12-19(26)14-21)24(31)17-7-4-3-5-8-17;5-1-3-7-4-2-6;5-3-4-1-2-4;3*2-1(3,4)8(5,6)7;;;;;/h3-10,13-17,20,28H,11-12,18H2,1H3,(H,32,35);2-9,12-16,20,28H,10-11,17-18,31H2,1H3,(H,32,35);3-15,24,31H,1H3,(H,28,32);7H,1-6H2;4-5H,1-3H2;3*(H,5,6,7);1H4;;;;/q;;;;;;;;;;+1;;-1. The van der Waals surface area contributed by atoms with E-state index in [1.165, 1.54) is 64.7 Å². The van der Waals surface area contributed by atoms with E-state index >= 15 is 0 Å². The minimum atomic E-state index is -5.84. The average Bonchev–Trinajstić information content (AvgIpc) is 1.48. The second kappa shape index (κ2) is 58.5. The zero-order valence-electron chi connectivity index (χ0n) is 77.5. The molecular formula is C95H102BF12N15NaO16S3Yb. The van der Waals surface area contributed by atoms with Crippen LogP contribution in [0.5, 0.6) is 0 Å². The summed E-state index contributed by atoms with van der Waals surface area (Å²) >= 11 is 0. The molecule has 3 aromatic heterocycles. The SMILES string of the molecule is C.Cc1cc(C(=O)Nc2cc(F)cc(C(OCC3CC3)c3ccccc3)c2)n(-c2cccc(CN)c2)n1.NCCNCCN.O=S(=O)(O)C(F)(F)F.O=S(=O)(O)C(F)(F)F.O=S(=O)(O)C(F)(F)F.OCC1CC1.[B].[C-]#[N+]c1cccc(-n2nc(C)cc2C(=O)Nc2cc(F)cc(C(O)c3ccccc3)c2)c1.[C-]#[N+]c1cccc(-n2nc(C)cc2C(=O)Nc2cc(F)cc(C(OCC3CC3)c3ccccc3)c2)c1.[H-].[Na+].[Yb]. The number of halogens is 12. The van der Waals surface area contributed by atoms with E-state index in [0.717, 1.165) is 61.2 Å². The summed E-state index contributed by atoms with van der Waals surface area (Å²) in [7, 11) is -17.5. The number of carbonyl (C=O) groups excluding carboxylic acids is 3. The Morgan fingerprint density at radius 1 is 0.444 bits per heavy atom. The van der Waals surface area contributed by atoms with Crippen LogP contribution in [-0.2, 0) is 46.4 Å². The number of benzene rings is 9. The molecule has 773 valence electrons. The third-order valence-electron chi connectivity index (χ3n) is 19.6. The van der Waals surface area contributed by atoms with Gasteiger partial charge in [-0.3, -0.25) is 28.0 Å². The molecule has 15 N–H and O–H groups in total. The number of hydrogen-bond donors (Lipinski definition) is 12. The van der Waals surface area contributed by atoms with Crippen molar-refractivity contribution in [2.24, 2.45) is 35.0 Å². The van der Waals surface area contributed by atoms with E-state index in [1.807, 2.05) is 97.9 Å². The maximum atomic E-state index is 14.8. The Bertz CT molecular complexity index is 6530. The Kier molecular flexibility index (Phi) is 50.9. The van der Waals surface area contributed by atoms with Gasteiger partial charge in [-0.2, -0.15) is 80.1 Å². The molecule has 0 aliphatic heterocycles. The number of rotatable bonds is 27. The van der Waals surface area contributed by atoms with Crippen LogP contribution in [-0.4, -0.2) is 167 Å². The normalized spacial score (nSPS) is 13.1. The minimum Gasteiger partial charge on any atom is -1.00 e. The quantitative estimate of drug-likeness (QED) is 0.00568. The third-order valence-corrected chi connectivity index (χ3v) is 21.4. The van der Waals surface area contributed by atoms with Crippen molar-refractivity contribution in [3.05, 3.63) is 350 Å². The molecule has 12 aromatic rings. The van der Waals surface area contributed by atoms with E-state index in [1.54, 1.807) is 122 Å². The molecule has 3 saturated carbocycles. The molecule has 31 nitrogen and oxygen atoms in total. The number of hydrogen-bond acceptors (Lipinski definition) is 20. The van der Waals surface area contributed by atoms with Gasteiger partial charge in [0, 0.05) is 112 Å². The van der Waals surface area contributed by atoms with Gasteiger partial charge in [-0.1, -0.05) is 135 Å². The van der Waals surface area contributed by atoms with Crippen LogP contribution in [0.1, 0.15) is 153 Å². The van der Waals surface area contributed by atoms with Gasteiger partial charge in [0.2, 0.25) is 0 Å². The van der Waals surface area contributed by atoms with Crippen molar-refractivity contribution in [3.63, 3.8) is 0 Å². The van der Waals surface area contributed by atoms with Crippen molar-refractivity contribution in [2.75, 3.05) is 62.0 Å². The summed E-state index contributed by atoms with van der Waals surface area (Å²) in [5.41, 5.74) is 11.0. The summed E-state index contributed by atoms with van der Waals surface area (Å²) in [6, 6.07) is 67.5. The van der Waals surface area contributed by atoms with Crippen molar-refractivity contribution in [3.8, 4) is 17.1 Å². The van der Waals surface area contributed by atoms with Gasteiger partial charge >= 0.3 is 76.4 Å². The molecule has 3 unspecified atom stereocenters. The van der Waals surface area contributed by atoms with Gasteiger partial charge in [0.05, 0.1) is 60.5 Å². The molecule has 3 atom stereocenters. The molecule has 3 heterocycles. The van der Waals surface area contributed by atoms with Crippen LogP contribution in [0.4, 0.5) is 81.1 Å². The van der Waals surface area contributed by atoms with Crippen molar-refractivity contribution in [1.82, 2.24) is 34.7 Å². The molecular weight excluding hydrogens is 2140 g/mol. The first kappa shape index (κ1) is 125. The van der Waals surface area contributed by atoms with Gasteiger partial charge in [0.1, 0.15) is 52.8 Å². The molecule has 49 heteroatoms. The van der Waals surface area contributed by atoms with Crippen LogP contribution in [0, 0.1) is 116 Å². The number of anilines is 3. The fraction of sp³-hybridized carbons (Fsp3) is 0.284. The van der Waals surface area contributed by atoms with Gasteiger partial charge < -0.3 is 59.6 Å². The Morgan fingerprint density at radius 2 is 0.736 bits per heavy atom. The maximum absolute atomic E-state index is 14.8. The van der Waals surface area contributed by atoms with Gasteiger partial charge in [-0.25, -0.2) is 36.9 Å². The largest absolute Gasteiger partial charge is 1.00 e. The fourth-order valence-corrected chi connectivity index (χ4v) is 12.4. The Labute approximate surface area is 887 Å². The predicted octanol–water partition coefficient (Wildman–Crippen LogP) is 14.8. The molecule has 144 heavy (non-hydrogen) atoms. The molecule has 3 aliphatic rings. The Hall–Kier alpha value is -10.8. The van der Waals surface area contributed by atoms with Crippen molar-refractivity contribution in [1.29, 1.82) is 0 Å². The number of amides is 3. The second-order valence-electron chi connectivity index (χ2n) is 31.2. The van der Waals surface area contributed by atoms with E-state index in [4.69, 9.17) is 83.8 Å². The monoisotopic (exact) mass is 2240 g/mol. The van der Waals surface area contributed by atoms with E-state index in [2.05, 4.69) is 46.3 Å². The molecule has 15 rings (SSSR count). The van der Waals surface area contributed by atoms with Gasteiger partial charge in [-0.15, -0.1) is 0 Å². The molecule has 3 radical (unpaired) electrons. The minimum absolute atomic E-state index is 0. The number of aromatic nitrogens is 6. The van der Waals surface area contributed by atoms with Crippen molar-refractivity contribution < 1.29 is 204 Å². The zero-order chi connectivity index (χ0) is 103. The van der Waals surface area contributed by atoms with E-state index in [9.17, 15) is 72.2 Å². The van der Waals surface area contributed by atoms with E-state index in [-0.39, 0.29) is 117 Å². The van der Waals surface area contributed by atoms with E-state index in [0.29, 0.717) is 136 Å². The van der Waals surface area contributed by atoms with Gasteiger partial charge in [0.15, 0.2) is 11.4 Å². The van der Waals surface area contributed by atoms with E-state index < -0.39 is 94.5 Å². The second-order valence-corrected chi connectivity index (χ2v) is 35.5. The number of nitrogens with two attached hydrogens (primary N) is 3. The van der Waals surface area contributed by atoms with Crippen molar-refractivity contribution >= 4 is 84.9 Å². The number of ether oxygens (including phenoxy) is 2. The average molecular weight is 2240 g/mol. The van der Waals surface area contributed by atoms with Gasteiger partial charge in [-0.05, 0) is 225 Å². The fourth-order valence-electron chi connectivity index (χ4n) is 12.4. The van der Waals surface area contributed by atoms with Crippen LogP contribution >= 0.6 is 0 Å². The molecule has 0 saturated heterocycles. The van der Waals surface area contributed by atoms with Crippen LogP contribution in [0.2, 0.25) is 0 Å².